The van der Waals surface area contributed by atoms with Crippen LogP contribution in [0.25, 0.3) is 0 Å². The van der Waals surface area contributed by atoms with E-state index in [1.807, 2.05) is 36.4 Å². The summed E-state index contributed by atoms with van der Waals surface area (Å²) in [5.41, 5.74) is 2.36. The van der Waals surface area contributed by atoms with Gasteiger partial charge in [-0.1, -0.05) is 6.07 Å². The number of carbonyl (C=O) groups excluding carboxylic acids is 1. The average Bonchev–Trinajstić information content (AvgIpc) is 2.79. The van der Waals surface area contributed by atoms with Crippen molar-refractivity contribution in [1.82, 2.24) is 15.3 Å². The molecule has 0 saturated carbocycles. The average molecular weight is 391 g/mol. The second-order valence-corrected chi connectivity index (χ2v) is 6.86. The number of amides is 1. The molecule has 0 aliphatic carbocycles. The Balaban J connectivity index is 1.31. The maximum absolute atomic E-state index is 13.1. The number of anilines is 2. The molecule has 3 aromatic rings. The van der Waals surface area contributed by atoms with Crippen molar-refractivity contribution in [1.29, 1.82) is 0 Å². The minimum Gasteiger partial charge on any atom is -0.368 e. The van der Waals surface area contributed by atoms with Crippen LogP contribution in [0.15, 0.2) is 67.0 Å². The van der Waals surface area contributed by atoms with Crippen molar-refractivity contribution in [3.8, 4) is 0 Å². The number of nitrogens with zero attached hydrogens (tertiary/aromatic N) is 4. The summed E-state index contributed by atoms with van der Waals surface area (Å²) >= 11 is 0. The van der Waals surface area contributed by atoms with E-state index in [9.17, 15) is 9.18 Å². The predicted octanol–water partition coefficient (Wildman–Crippen LogP) is 2.87. The Kier molecular flexibility index (Phi) is 5.65. The molecule has 1 N–H and O–H groups in total. The SMILES string of the molecule is O=C(NCc1ccccn1)c1ccc(N2CCN(c3ccc(F)cc3)CC2)nc1. The predicted molar refractivity (Wildman–Crippen MR) is 110 cm³/mol. The van der Waals surface area contributed by atoms with Crippen molar-refractivity contribution in [2.75, 3.05) is 36.0 Å². The Labute approximate surface area is 169 Å². The Bertz CT molecular complexity index is 939. The minimum atomic E-state index is -0.222. The quantitative estimate of drug-likeness (QED) is 0.725. The molecule has 0 atom stereocenters. The number of piperazine rings is 1. The summed E-state index contributed by atoms with van der Waals surface area (Å²) in [6.45, 7) is 3.68. The fourth-order valence-electron chi connectivity index (χ4n) is 3.33. The van der Waals surface area contributed by atoms with E-state index in [0.29, 0.717) is 12.1 Å². The van der Waals surface area contributed by atoms with E-state index in [2.05, 4.69) is 25.1 Å². The third-order valence-electron chi connectivity index (χ3n) is 4.96. The number of hydrogen-bond acceptors (Lipinski definition) is 5. The number of aromatic nitrogens is 2. The lowest BCUT2D eigenvalue weighted by atomic mass is 10.2. The van der Waals surface area contributed by atoms with Crippen LogP contribution in [-0.4, -0.2) is 42.1 Å². The molecular weight excluding hydrogens is 369 g/mol. The summed E-state index contributed by atoms with van der Waals surface area (Å²) in [6, 6.07) is 15.9. The summed E-state index contributed by atoms with van der Waals surface area (Å²) < 4.78 is 13.1. The van der Waals surface area contributed by atoms with E-state index in [1.165, 1.54) is 12.1 Å². The van der Waals surface area contributed by atoms with E-state index >= 15 is 0 Å². The molecule has 6 nitrogen and oxygen atoms in total. The lowest BCUT2D eigenvalue weighted by molar-refractivity contribution is 0.0950. The van der Waals surface area contributed by atoms with E-state index in [4.69, 9.17) is 0 Å². The third-order valence-corrected chi connectivity index (χ3v) is 4.96. The van der Waals surface area contributed by atoms with E-state index in [0.717, 1.165) is 43.4 Å². The van der Waals surface area contributed by atoms with Crippen LogP contribution in [0.5, 0.6) is 0 Å². The molecule has 1 amide bonds. The molecule has 0 bridgehead atoms. The molecular formula is C22H22FN5O. The largest absolute Gasteiger partial charge is 0.368 e. The molecule has 29 heavy (non-hydrogen) atoms. The highest BCUT2D eigenvalue weighted by Gasteiger charge is 2.18. The van der Waals surface area contributed by atoms with Crippen molar-refractivity contribution >= 4 is 17.4 Å². The molecule has 1 aliphatic rings. The standard InChI is InChI=1S/C22H22FN5O/c23-18-5-7-20(8-6-18)27-11-13-28(14-12-27)21-9-4-17(15-25-21)22(29)26-16-19-3-1-2-10-24-19/h1-10,15H,11-14,16H2,(H,26,29). The number of halogens is 1. The molecule has 148 valence electrons. The van der Waals surface area contributed by atoms with Gasteiger partial charge in [-0.15, -0.1) is 0 Å². The number of rotatable bonds is 5. The zero-order chi connectivity index (χ0) is 20.1. The van der Waals surface area contributed by atoms with Gasteiger partial charge in [0.2, 0.25) is 0 Å². The topological polar surface area (TPSA) is 61.4 Å². The molecule has 0 unspecified atom stereocenters. The minimum absolute atomic E-state index is 0.171. The fourth-order valence-corrected chi connectivity index (χ4v) is 3.33. The van der Waals surface area contributed by atoms with Crippen LogP contribution in [-0.2, 0) is 6.54 Å². The summed E-state index contributed by atoms with van der Waals surface area (Å²) in [7, 11) is 0. The van der Waals surface area contributed by atoms with Gasteiger partial charge in [0.1, 0.15) is 11.6 Å². The lowest BCUT2D eigenvalue weighted by Crippen LogP contribution is -2.46. The summed E-state index contributed by atoms with van der Waals surface area (Å²) in [5.74, 6) is 0.460. The normalized spacial score (nSPS) is 14.0. The molecule has 1 saturated heterocycles. The summed E-state index contributed by atoms with van der Waals surface area (Å²) in [6.07, 6.45) is 3.31. The fraction of sp³-hybridized carbons (Fsp3) is 0.227. The van der Waals surface area contributed by atoms with Gasteiger partial charge in [0.25, 0.3) is 5.91 Å². The van der Waals surface area contributed by atoms with Crippen LogP contribution >= 0.6 is 0 Å². The highest BCUT2D eigenvalue weighted by molar-refractivity contribution is 5.94. The number of hydrogen-bond donors (Lipinski definition) is 1. The summed E-state index contributed by atoms with van der Waals surface area (Å²) in [5, 5.41) is 2.85. The number of pyridine rings is 2. The van der Waals surface area contributed by atoms with Crippen molar-refractivity contribution in [3.05, 3.63) is 84.1 Å². The van der Waals surface area contributed by atoms with Gasteiger partial charge in [0, 0.05) is 44.3 Å². The second kappa shape index (κ2) is 8.68. The van der Waals surface area contributed by atoms with Gasteiger partial charge in [-0.3, -0.25) is 9.78 Å². The Morgan fingerprint density at radius 3 is 2.34 bits per heavy atom. The maximum atomic E-state index is 13.1. The second-order valence-electron chi connectivity index (χ2n) is 6.86. The Morgan fingerprint density at radius 1 is 0.931 bits per heavy atom. The van der Waals surface area contributed by atoms with Crippen molar-refractivity contribution in [3.63, 3.8) is 0 Å². The van der Waals surface area contributed by atoms with Gasteiger partial charge in [-0.25, -0.2) is 9.37 Å². The molecule has 2 aromatic heterocycles. The van der Waals surface area contributed by atoms with Gasteiger partial charge in [0.05, 0.1) is 17.8 Å². The van der Waals surface area contributed by atoms with Crippen LogP contribution in [0, 0.1) is 5.82 Å². The smallest absolute Gasteiger partial charge is 0.253 e. The highest BCUT2D eigenvalue weighted by atomic mass is 19.1. The lowest BCUT2D eigenvalue weighted by Gasteiger charge is -2.36. The van der Waals surface area contributed by atoms with E-state index in [1.54, 1.807) is 18.5 Å². The summed E-state index contributed by atoms with van der Waals surface area (Å²) in [4.78, 5) is 25.4. The van der Waals surface area contributed by atoms with Gasteiger partial charge >= 0.3 is 0 Å². The first-order valence-electron chi connectivity index (χ1n) is 9.59. The first-order valence-corrected chi connectivity index (χ1v) is 9.59. The number of nitrogens with one attached hydrogen (secondary N) is 1. The highest BCUT2D eigenvalue weighted by Crippen LogP contribution is 2.19. The van der Waals surface area contributed by atoms with Gasteiger partial charge in [0.15, 0.2) is 0 Å². The number of benzene rings is 1. The van der Waals surface area contributed by atoms with E-state index < -0.39 is 0 Å². The molecule has 0 radical (unpaired) electrons. The number of carbonyl (C=O) groups is 1. The molecule has 1 fully saturated rings. The molecule has 1 aromatic carbocycles. The molecule has 1 aliphatic heterocycles. The zero-order valence-electron chi connectivity index (χ0n) is 16.0. The van der Waals surface area contributed by atoms with Gasteiger partial charge < -0.3 is 15.1 Å². The van der Waals surface area contributed by atoms with Crippen molar-refractivity contribution in [2.45, 2.75) is 6.54 Å². The monoisotopic (exact) mass is 391 g/mol. The van der Waals surface area contributed by atoms with Crippen LogP contribution < -0.4 is 15.1 Å². The Hall–Kier alpha value is -3.48. The van der Waals surface area contributed by atoms with Gasteiger partial charge in [-0.2, -0.15) is 0 Å². The maximum Gasteiger partial charge on any atom is 0.253 e. The molecule has 0 spiro atoms. The van der Waals surface area contributed by atoms with Crippen molar-refractivity contribution in [2.24, 2.45) is 0 Å². The molecule has 4 rings (SSSR count). The van der Waals surface area contributed by atoms with E-state index in [-0.39, 0.29) is 11.7 Å². The van der Waals surface area contributed by atoms with Crippen LogP contribution in [0.3, 0.4) is 0 Å². The molecule has 3 heterocycles. The van der Waals surface area contributed by atoms with Crippen LogP contribution in [0.2, 0.25) is 0 Å². The molecule has 7 heteroatoms. The van der Waals surface area contributed by atoms with Crippen LogP contribution in [0.4, 0.5) is 15.9 Å². The first kappa shape index (κ1) is 18.9. The first-order chi connectivity index (χ1) is 14.2. The van der Waals surface area contributed by atoms with Crippen molar-refractivity contribution < 1.29 is 9.18 Å². The third kappa shape index (κ3) is 4.68. The van der Waals surface area contributed by atoms with Crippen LogP contribution in [0.1, 0.15) is 16.1 Å². The zero-order valence-corrected chi connectivity index (χ0v) is 16.0. The Morgan fingerprint density at radius 2 is 1.69 bits per heavy atom. The van der Waals surface area contributed by atoms with Gasteiger partial charge in [-0.05, 0) is 48.5 Å².